The Balaban J connectivity index is 2.19. The maximum absolute atomic E-state index is 13.1. The van der Waals surface area contributed by atoms with Crippen LogP contribution in [-0.4, -0.2) is 23.9 Å². The van der Waals surface area contributed by atoms with Crippen LogP contribution >= 0.6 is 0 Å². The molecule has 0 unspecified atom stereocenters. The van der Waals surface area contributed by atoms with Crippen molar-refractivity contribution in [1.82, 2.24) is 4.90 Å². The van der Waals surface area contributed by atoms with Gasteiger partial charge < -0.3 is 9.32 Å². The van der Waals surface area contributed by atoms with Gasteiger partial charge >= 0.3 is 0 Å². The molecule has 0 aliphatic carbocycles. The van der Waals surface area contributed by atoms with Gasteiger partial charge in [-0.05, 0) is 32.4 Å². The molecule has 2 heterocycles. The molecule has 2 rings (SSSR count). The number of nitrogens with zero attached hydrogens (tertiary/aromatic N) is 1. The van der Waals surface area contributed by atoms with Crippen LogP contribution in [0.25, 0.3) is 0 Å². The summed E-state index contributed by atoms with van der Waals surface area (Å²) in [6, 6.07) is 1.81. The van der Waals surface area contributed by atoms with Crippen LogP contribution in [-0.2, 0) is 0 Å². The minimum atomic E-state index is -0.250. The van der Waals surface area contributed by atoms with Crippen molar-refractivity contribution in [2.75, 3.05) is 13.1 Å². The smallest absolute Gasteiger partial charge is 0.290 e. The van der Waals surface area contributed by atoms with Crippen molar-refractivity contribution in [3.8, 4) is 0 Å². The second kappa shape index (κ2) is 4.12. The third-order valence-corrected chi connectivity index (χ3v) is 2.63. The van der Waals surface area contributed by atoms with E-state index in [0.29, 0.717) is 24.5 Å². The maximum Gasteiger partial charge on any atom is 0.290 e. The molecule has 0 fully saturated rings. The number of hydrogen-bond acceptors (Lipinski definition) is 2. The van der Waals surface area contributed by atoms with E-state index in [1.807, 2.05) is 13.0 Å². The molecule has 0 aromatic carbocycles. The summed E-state index contributed by atoms with van der Waals surface area (Å²) in [5.74, 6) is 0.551. The van der Waals surface area contributed by atoms with Crippen LogP contribution in [0.5, 0.6) is 0 Å². The average Bonchev–Trinajstić information content (AvgIpc) is 2.57. The molecule has 0 bridgehead atoms. The van der Waals surface area contributed by atoms with Gasteiger partial charge in [0.05, 0.1) is 6.54 Å². The van der Waals surface area contributed by atoms with Gasteiger partial charge in [0.15, 0.2) is 5.76 Å². The number of amides is 1. The van der Waals surface area contributed by atoms with E-state index < -0.39 is 0 Å². The van der Waals surface area contributed by atoms with Crippen LogP contribution in [0.1, 0.15) is 28.3 Å². The fourth-order valence-electron chi connectivity index (χ4n) is 1.87. The Labute approximate surface area is 93.5 Å². The minimum Gasteiger partial charge on any atom is -0.456 e. The first kappa shape index (κ1) is 10.9. The molecule has 1 aromatic heterocycles. The summed E-state index contributed by atoms with van der Waals surface area (Å²) in [6.45, 7) is 4.21. The molecular formula is C12H14FNO2. The van der Waals surface area contributed by atoms with Crippen molar-refractivity contribution in [3.63, 3.8) is 0 Å². The zero-order chi connectivity index (χ0) is 11.7. The van der Waals surface area contributed by atoms with Gasteiger partial charge in [-0.25, -0.2) is 4.39 Å². The number of carbonyl (C=O) groups is 1. The van der Waals surface area contributed by atoms with Crippen LogP contribution in [0.15, 0.2) is 22.4 Å². The SMILES string of the molecule is Cc1cc(C)c(C(=O)N2CCC=C(F)C2)o1. The molecule has 1 aromatic rings. The van der Waals surface area contributed by atoms with E-state index in [1.54, 1.807) is 6.92 Å². The highest BCUT2D eigenvalue weighted by Crippen LogP contribution is 2.19. The molecule has 1 aliphatic heterocycles. The van der Waals surface area contributed by atoms with Gasteiger partial charge in [0.1, 0.15) is 11.6 Å². The van der Waals surface area contributed by atoms with Crippen molar-refractivity contribution in [2.45, 2.75) is 20.3 Å². The van der Waals surface area contributed by atoms with Crippen LogP contribution in [0.3, 0.4) is 0 Å². The molecule has 1 amide bonds. The first-order valence-electron chi connectivity index (χ1n) is 5.29. The molecule has 1 aliphatic rings. The number of halogens is 1. The Morgan fingerprint density at radius 3 is 2.81 bits per heavy atom. The fourth-order valence-corrected chi connectivity index (χ4v) is 1.87. The highest BCUT2D eigenvalue weighted by molar-refractivity contribution is 5.93. The lowest BCUT2D eigenvalue weighted by atomic mass is 10.2. The quantitative estimate of drug-likeness (QED) is 0.733. The first-order valence-corrected chi connectivity index (χ1v) is 5.29. The molecule has 0 atom stereocenters. The monoisotopic (exact) mass is 223 g/mol. The van der Waals surface area contributed by atoms with Crippen molar-refractivity contribution in [2.24, 2.45) is 0 Å². The molecule has 16 heavy (non-hydrogen) atoms. The lowest BCUT2D eigenvalue weighted by Gasteiger charge is -2.23. The van der Waals surface area contributed by atoms with Crippen LogP contribution in [0.2, 0.25) is 0 Å². The van der Waals surface area contributed by atoms with Crippen molar-refractivity contribution < 1.29 is 13.6 Å². The number of aryl methyl sites for hydroxylation is 2. The Morgan fingerprint density at radius 1 is 1.50 bits per heavy atom. The summed E-state index contributed by atoms with van der Waals surface area (Å²) in [4.78, 5) is 13.5. The topological polar surface area (TPSA) is 33.5 Å². The average molecular weight is 223 g/mol. The predicted molar refractivity (Wildman–Crippen MR) is 57.9 cm³/mol. The summed E-state index contributed by atoms with van der Waals surface area (Å²) < 4.78 is 18.4. The lowest BCUT2D eigenvalue weighted by molar-refractivity contribution is 0.0721. The number of hydrogen-bond donors (Lipinski definition) is 0. The zero-order valence-corrected chi connectivity index (χ0v) is 9.42. The van der Waals surface area contributed by atoms with Crippen molar-refractivity contribution in [1.29, 1.82) is 0 Å². The summed E-state index contributed by atoms with van der Waals surface area (Å²) in [7, 11) is 0. The van der Waals surface area contributed by atoms with E-state index in [9.17, 15) is 9.18 Å². The van der Waals surface area contributed by atoms with Gasteiger partial charge in [0, 0.05) is 12.1 Å². The molecule has 4 heteroatoms. The maximum atomic E-state index is 13.1. The summed E-state index contributed by atoms with van der Waals surface area (Å²) >= 11 is 0. The minimum absolute atomic E-state index is 0.0536. The van der Waals surface area contributed by atoms with Crippen molar-refractivity contribution >= 4 is 5.91 Å². The van der Waals surface area contributed by atoms with Gasteiger partial charge in [-0.2, -0.15) is 0 Å². The Bertz CT molecular complexity index is 448. The fraction of sp³-hybridized carbons (Fsp3) is 0.417. The third kappa shape index (κ3) is 2.01. The van der Waals surface area contributed by atoms with Crippen LogP contribution < -0.4 is 0 Å². The van der Waals surface area contributed by atoms with Gasteiger partial charge in [-0.3, -0.25) is 4.79 Å². The van der Waals surface area contributed by atoms with E-state index in [2.05, 4.69) is 0 Å². The molecule has 0 spiro atoms. The van der Waals surface area contributed by atoms with E-state index in [-0.39, 0.29) is 18.3 Å². The highest BCUT2D eigenvalue weighted by atomic mass is 19.1. The summed E-state index contributed by atoms with van der Waals surface area (Å²) in [5, 5.41) is 0. The molecule has 86 valence electrons. The standard InChI is InChI=1S/C12H14FNO2/c1-8-6-9(2)16-11(8)12(15)14-5-3-4-10(13)7-14/h4,6H,3,5,7H2,1-2H3. The predicted octanol–water partition coefficient (Wildman–Crippen LogP) is 2.60. The van der Waals surface area contributed by atoms with Gasteiger partial charge in [0.25, 0.3) is 5.91 Å². The molecule has 3 nitrogen and oxygen atoms in total. The third-order valence-electron chi connectivity index (χ3n) is 2.63. The van der Waals surface area contributed by atoms with Gasteiger partial charge in [-0.15, -0.1) is 0 Å². The van der Waals surface area contributed by atoms with Gasteiger partial charge in [0.2, 0.25) is 0 Å². The van der Waals surface area contributed by atoms with E-state index in [0.717, 1.165) is 5.56 Å². The Hall–Kier alpha value is -1.58. The Kier molecular flexibility index (Phi) is 2.81. The summed E-state index contributed by atoms with van der Waals surface area (Å²) in [6.07, 6.45) is 2.08. The summed E-state index contributed by atoms with van der Waals surface area (Å²) in [5.41, 5.74) is 0.803. The second-order valence-electron chi connectivity index (χ2n) is 4.04. The molecule has 0 saturated carbocycles. The largest absolute Gasteiger partial charge is 0.456 e. The molecule has 0 radical (unpaired) electrons. The van der Waals surface area contributed by atoms with Crippen molar-refractivity contribution in [3.05, 3.63) is 35.1 Å². The number of carbonyl (C=O) groups excluding carboxylic acids is 1. The molecular weight excluding hydrogens is 209 g/mol. The normalized spacial score (nSPS) is 16.2. The van der Waals surface area contributed by atoms with E-state index in [1.165, 1.54) is 11.0 Å². The van der Waals surface area contributed by atoms with Crippen LogP contribution in [0, 0.1) is 13.8 Å². The van der Waals surface area contributed by atoms with Crippen LogP contribution in [0.4, 0.5) is 4.39 Å². The molecule has 0 N–H and O–H groups in total. The number of furan rings is 1. The number of rotatable bonds is 1. The van der Waals surface area contributed by atoms with Gasteiger partial charge in [-0.1, -0.05) is 0 Å². The lowest BCUT2D eigenvalue weighted by Crippen LogP contribution is -2.35. The second-order valence-corrected chi connectivity index (χ2v) is 4.04. The Morgan fingerprint density at radius 2 is 2.25 bits per heavy atom. The first-order chi connectivity index (χ1) is 7.58. The highest BCUT2D eigenvalue weighted by Gasteiger charge is 2.23. The van der Waals surface area contributed by atoms with E-state index in [4.69, 9.17) is 4.42 Å². The van der Waals surface area contributed by atoms with E-state index >= 15 is 0 Å². The zero-order valence-electron chi connectivity index (χ0n) is 9.42. The molecule has 0 saturated heterocycles.